The van der Waals surface area contributed by atoms with Gasteiger partial charge in [-0.3, -0.25) is 9.59 Å². The first-order valence-corrected chi connectivity index (χ1v) is 5.43. The highest BCUT2D eigenvalue weighted by atomic mass is 16.5. The molecule has 0 spiro atoms. The standard InChI is InChI=1S/C10H16N2O3/c13-9-2-1-8(12-9)10(14)11-7-3-5-15-6-4-7/h7-8H,1-6H2,(H,11,14)(H,12,13). The first-order chi connectivity index (χ1) is 7.25. The SMILES string of the molecule is O=C1CCC(C(=O)NC2CCOCC2)N1. The fourth-order valence-corrected chi connectivity index (χ4v) is 1.95. The van der Waals surface area contributed by atoms with Crippen molar-refractivity contribution in [3.05, 3.63) is 0 Å². The van der Waals surface area contributed by atoms with Gasteiger partial charge in [0, 0.05) is 25.7 Å². The third kappa shape index (κ3) is 2.68. The Bertz CT molecular complexity index is 261. The minimum atomic E-state index is -0.319. The van der Waals surface area contributed by atoms with Crippen molar-refractivity contribution in [3.63, 3.8) is 0 Å². The van der Waals surface area contributed by atoms with Crippen LogP contribution in [0.25, 0.3) is 0 Å². The Balaban J connectivity index is 1.78. The third-order valence-electron chi connectivity index (χ3n) is 2.88. The molecule has 84 valence electrons. The zero-order valence-corrected chi connectivity index (χ0v) is 8.62. The lowest BCUT2D eigenvalue weighted by Crippen LogP contribution is -2.47. The summed E-state index contributed by atoms with van der Waals surface area (Å²) in [6.45, 7) is 1.42. The van der Waals surface area contributed by atoms with Gasteiger partial charge in [-0.2, -0.15) is 0 Å². The van der Waals surface area contributed by atoms with Crippen molar-refractivity contribution in [3.8, 4) is 0 Å². The summed E-state index contributed by atoms with van der Waals surface area (Å²) in [5, 5.41) is 5.61. The van der Waals surface area contributed by atoms with E-state index in [1.54, 1.807) is 0 Å². The Kier molecular flexibility index (Phi) is 3.20. The van der Waals surface area contributed by atoms with Crippen LogP contribution in [0.5, 0.6) is 0 Å². The van der Waals surface area contributed by atoms with Gasteiger partial charge in [0.2, 0.25) is 11.8 Å². The molecule has 0 aromatic rings. The van der Waals surface area contributed by atoms with Crippen LogP contribution in [-0.2, 0) is 14.3 Å². The van der Waals surface area contributed by atoms with E-state index in [4.69, 9.17) is 4.74 Å². The molecule has 0 aromatic heterocycles. The smallest absolute Gasteiger partial charge is 0.242 e. The van der Waals surface area contributed by atoms with E-state index in [9.17, 15) is 9.59 Å². The molecule has 1 atom stereocenters. The lowest BCUT2D eigenvalue weighted by Gasteiger charge is -2.24. The maximum absolute atomic E-state index is 11.7. The van der Waals surface area contributed by atoms with E-state index in [1.807, 2.05) is 0 Å². The number of nitrogens with one attached hydrogen (secondary N) is 2. The van der Waals surface area contributed by atoms with Gasteiger partial charge in [-0.15, -0.1) is 0 Å². The van der Waals surface area contributed by atoms with E-state index in [1.165, 1.54) is 0 Å². The van der Waals surface area contributed by atoms with E-state index in [0.717, 1.165) is 12.8 Å². The number of carbonyl (C=O) groups is 2. The third-order valence-corrected chi connectivity index (χ3v) is 2.88. The van der Waals surface area contributed by atoms with Crippen molar-refractivity contribution >= 4 is 11.8 Å². The summed E-state index contributed by atoms with van der Waals surface area (Å²) in [6.07, 6.45) is 2.82. The topological polar surface area (TPSA) is 67.4 Å². The second-order valence-corrected chi connectivity index (χ2v) is 4.05. The molecule has 0 radical (unpaired) electrons. The molecule has 15 heavy (non-hydrogen) atoms. The lowest BCUT2D eigenvalue weighted by atomic mass is 10.1. The van der Waals surface area contributed by atoms with E-state index >= 15 is 0 Å². The molecule has 0 aromatic carbocycles. The van der Waals surface area contributed by atoms with Gasteiger partial charge in [-0.1, -0.05) is 0 Å². The molecule has 5 nitrogen and oxygen atoms in total. The van der Waals surface area contributed by atoms with Crippen LogP contribution in [0.4, 0.5) is 0 Å². The van der Waals surface area contributed by atoms with Crippen LogP contribution in [-0.4, -0.2) is 37.1 Å². The highest BCUT2D eigenvalue weighted by Gasteiger charge is 2.28. The molecule has 2 fully saturated rings. The predicted octanol–water partition coefficient (Wildman–Crippen LogP) is -0.440. The van der Waals surface area contributed by atoms with Crippen LogP contribution in [0.15, 0.2) is 0 Å². The Morgan fingerprint density at radius 2 is 2.07 bits per heavy atom. The van der Waals surface area contributed by atoms with Gasteiger partial charge in [-0.25, -0.2) is 0 Å². The van der Waals surface area contributed by atoms with Crippen LogP contribution >= 0.6 is 0 Å². The molecular weight excluding hydrogens is 196 g/mol. The van der Waals surface area contributed by atoms with Crippen LogP contribution < -0.4 is 10.6 Å². The molecule has 0 aliphatic carbocycles. The molecule has 5 heteroatoms. The second kappa shape index (κ2) is 4.61. The Morgan fingerprint density at radius 3 is 2.67 bits per heavy atom. The van der Waals surface area contributed by atoms with Gasteiger partial charge in [-0.05, 0) is 19.3 Å². The molecule has 2 N–H and O–H groups in total. The van der Waals surface area contributed by atoms with Gasteiger partial charge in [0.15, 0.2) is 0 Å². The van der Waals surface area contributed by atoms with Crippen LogP contribution in [0.3, 0.4) is 0 Å². The van der Waals surface area contributed by atoms with Crippen LogP contribution in [0.1, 0.15) is 25.7 Å². The second-order valence-electron chi connectivity index (χ2n) is 4.05. The van der Waals surface area contributed by atoms with Crippen molar-refractivity contribution < 1.29 is 14.3 Å². The molecule has 2 aliphatic rings. The van der Waals surface area contributed by atoms with E-state index in [-0.39, 0.29) is 23.9 Å². The number of carbonyl (C=O) groups excluding carboxylic acids is 2. The minimum absolute atomic E-state index is 0.0258. The van der Waals surface area contributed by atoms with Crippen molar-refractivity contribution in [2.75, 3.05) is 13.2 Å². The zero-order chi connectivity index (χ0) is 10.7. The van der Waals surface area contributed by atoms with E-state index in [2.05, 4.69) is 10.6 Å². The van der Waals surface area contributed by atoms with E-state index in [0.29, 0.717) is 26.1 Å². The molecule has 2 amide bonds. The highest BCUT2D eigenvalue weighted by molar-refractivity contribution is 5.90. The van der Waals surface area contributed by atoms with E-state index < -0.39 is 0 Å². The zero-order valence-electron chi connectivity index (χ0n) is 8.62. The Labute approximate surface area is 88.5 Å². The summed E-state index contributed by atoms with van der Waals surface area (Å²) in [5.41, 5.74) is 0. The Morgan fingerprint density at radius 1 is 1.33 bits per heavy atom. The van der Waals surface area contributed by atoms with Crippen molar-refractivity contribution in [2.24, 2.45) is 0 Å². The van der Waals surface area contributed by atoms with Crippen LogP contribution in [0.2, 0.25) is 0 Å². The normalized spacial score (nSPS) is 27.5. The maximum Gasteiger partial charge on any atom is 0.242 e. The lowest BCUT2D eigenvalue weighted by molar-refractivity contribution is -0.126. The first kappa shape index (κ1) is 10.4. The molecule has 2 heterocycles. The van der Waals surface area contributed by atoms with Gasteiger partial charge in [0.1, 0.15) is 6.04 Å². The summed E-state index contributed by atoms with van der Waals surface area (Å²) < 4.78 is 5.20. The van der Waals surface area contributed by atoms with Gasteiger partial charge in [0.05, 0.1) is 0 Å². The highest BCUT2D eigenvalue weighted by Crippen LogP contribution is 2.10. The van der Waals surface area contributed by atoms with Crippen molar-refractivity contribution in [1.82, 2.24) is 10.6 Å². The average Bonchev–Trinajstić information content (AvgIpc) is 2.66. The number of amides is 2. The molecule has 1 unspecified atom stereocenters. The average molecular weight is 212 g/mol. The number of hydrogen-bond acceptors (Lipinski definition) is 3. The largest absolute Gasteiger partial charge is 0.381 e. The molecule has 0 bridgehead atoms. The fourth-order valence-electron chi connectivity index (χ4n) is 1.95. The summed E-state index contributed by atoms with van der Waals surface area (Å²) in [6, 6.07) is -0.107. The maximum atomic E-state index is 11.7. The minimum Gasteiger partial charge on any atom is -0.381 e. The van der Waals surface area contributed by atoms with Gasteiger partial charge in [0.25, 0.3) is 0 Å². The fraction of sp³-hybridized carbons (Fsp3) is 0.800. The predicted molar refractivity (Wildman–Crippen MR) is 53.1 cm³/mol. The summed E-state index contributed by atoms with van der Waals surface area (Å²) in [5.74, 6) is -0.0742. The molecular formula is C10H16N2O3. The van der Waals surface area contributed by atoms with Gasteiger partial charge >= 0.3 is 0 Å². The molecule has 2 saturated heterocycles. The molecule has 2 aliphatic heterocycles. The number of rotatable bonds is 2. The molecule has 2 rings (SSSR count). The number of hydrogen-bond donors (Lipinski definition) is 2. The molecule has 0 saturated carbocycles. The first-order valence-electron chi connectivity index (χ1n) is 5.43. The summed E-state index contributed by atoms with van der Waals surface area (Å²) >= 11 is 0. The Hall–Kier alpha value is -1.10. The number of ether oxygens (including phenoxy) is 1. The van der Waals surface area contributed by atoms with Crippen LogP contribution in [0, 0.1) is 0 Å². The summed E-state index contributed by atoms with van der Waals surface area (Å²) in [4.78, 5) is 22.6. The van der Waals surface area contributed by atoms with Crippen molar-refractivity contribution in [1.29, 1.82) is 0 Å². The monoisotopic (exact) mass is 212 g/mol. The van der Waals surface area contributed by atoms with Crippen molar-refractivity contribution in [2.45, 2.75) is 37.8 Å². The van der Waals surface area contributed by atoms with Gasteiger partial charge < -0.3 is 15.4 Å². The summed E-state index contributed by atoms with van der Waals surface area (Å²) in [7, 11) is 0. The quantitative estimate of drug-likeness (QED) is 0.652.